The zero-order chi connectivity index (χ0) is 13.7. The molecule has 0 fully saturated rings. The smallest absolute Gasteiger partial charge is 0.118 e. The Balaban J connectivity index is 2.18. The Hall–Kier alpha value is -2.29. The molecular formula is C16H18N2O. The highest BCUT2D eigenvalue weighted by atomic mass is 16.5. The third-order valence-electron chi connectivity index (χ3n) is 2.94. The van der Waals surface area contributed by atoms with Gasteiger partial charge in [0.25, 0.3) is 0 Å². The zero-order valence-corrected chi connectivity index (χ0v) is 11.5. The van der Waals surface area contributed by atoms with Gasteiger partial charge in [0.15, 0.2) is 0 Å². The molecule has 2 rings (SSSR count). The molecule has 3 nitrogen and oxygen atoms in total. The van der Waals surface area contributed by atoms with Crippen LogP contribution in [-0.2, 0) is 0 Å². The molecule has 98 valence electrons. The highest BCUT2D eigenvalue weighted by Gasteiger charge is 2.01. The largest absolute Gasteiger partial charge is 0.497 e. The van der Waals surface area contributed by atoms with Gasteiger partial charge in [-0.1, -0.05) is 18.2 Å². The van der Waals surface area contributed by atoms with Crippen molar-refractivity contribution in [2.75, 3.05) is 19.2 Å². The maximum Gasteiger partial charge on any atom is 0.118 e. The number of nitrogens with zero attached hydrogens (tertiary/aromatic N) is 2. The summed E-state index contributed by atoms with van der Waals surface area (Å²) in [7, 11) is 3.61. The summed E-state index contributed by atoms with van der Waals surface area (Å²) in [5, 5.41) is 6.46. The number of rotatable bonds is 4. The normalized spacial score (nSPS) is 11.2. The molecule has 0 radical (unpaired) electrons. The number of hydrogen-bond donors (Lipinski definition) is 0. The molecule has 0 aliphatic carbocycles. The summed E-state index contributed by atoms with van der Waals surface area (Å²) in [6.07, 6.45) is 0. The van der Waals surface area contributed by atoms with E-state index in [-0.39, 0.29) is 0 Å². The molecule has 0 aromatic heterocycles. The molecule has 0 aliphatic rings. The molecule has 2 aromatic rings. The van der Waals surface area contributed by atoms with Gasteiger partial charge in [-0.25, -0.2) is 0 Å². The van der Waals surface area contributed by atoms with E-state index in [2.05, 4.69) is 5.10 Å². The van der Waals surface area contributed by atoms with Gasteiger partial charge in [-0.2, -0.15) is 5.10 Å². The predicted molar refractivity (Wildman–Crippen MR) is 80.1 cm³/mol. The zero-order valence-electron chi connectivity index (χ0n) is 11.5. The predicted octanol–water partition coefficient (Wildman–Crippen LogP) is 3.56. The topological polar surface area (TPSA) is 24.8 Å². The van der Waals surface area contributed by atoms with Crippen LogP contribution in [0.4, 0.5) is 5.69 Å². The molecule has 0 N–H and O–H groups in total. The molecule has 0 bridgehead atoms. The maximum absolute atomic E-state index is 5.15. The van der Waals surface area contributed by atoms with Crippen LogP contribution in [0.5, 0.6) is 5.75 Å². The van der Waals surface area contributed by atoms with Gasteiger partial charge in [-0.05, 0) is 48.9 Å². The van der Waals surface area contributed by atoms with Gasteiger partial charge in [-0.15, -0.1) is 0 Å². The Morgan fingerprint density at radius 3 is 2.21 bits per heavy atom. The van der Waals surface area contributed by atoms with Crippen LogP contribution in [0.15, 0.2) is 59.7 Å². The van der Waals surface area contributed by atoms with Crippen molar-refractivity contribution in [1.29, 1.82) is 0 Å². The van der Waals surface area contributed by atoms with E-state index in [1.54, 1.807) is 7.11 Å². The quantitative estimate of drug-likeness (QED) is 0.615. The summed E-state index contributed by atoms with van der Waals surface area (Å²) in [5.74, 6) is 0.855. The van der Waals surface area contributed by atoms with E-state index in [1.165, 1.54) is 0 Å². The first-order chi connectivity index (χ1) is 9.20. The van der Waals surface area contributed by atoms with Crippen LogP contribution in [-0.4, -0.2) is 19.9 Å². The average molecular weight is 254 g/mol. The van der Waals surface area contributed by atoms with Crippen molar-refractivity contribution in [3.63, 3.8) is 0 Å². The van der Waals surface area contributed by atoms with E-state index in [4.69, 9.17) is 4.74 Å². The Labute approximate surface area is 114 Å². The first kappa shape index (κ1) is 13.1. The van der Waals surface area contributed by atoms with E-state index in [0.29, 0.717) is 0 Å². The second kappa shape index (κ2) is 6.05. The summed E-state index contributed by atoms with van der Waals surface area (Å²) in [4.78, 5) is 0. The minimum atomic E-state index is 0.855. The van der Waals surface area contributed by atoms with E-state index in [1.807, 2.05) is 73.6 Å². The van der Waals surface area contributed by atoms with Crippen molar-refractivity contribution < 1.29 is 4.74 Å². The van der Waals surface area contributed by atoms with Gasteiger partial charge in [0.1, 0.15) is 5.75 Å². The summed E-state index contributed by atoms with van der Waals surface area (Å²) in [6, 6.07) is 18.0. The maximum atomic E-state index is 5.15. The van der Waals surface area contributed by atoms with E-state index < -0.39 is 0 Å². The monoisotopic (exact) mass is 254 g/mol. The number of ether oxygens (including phenoxy) is 1. The first-order valence-electron chi connectivity index (χ1n) is 6.19. The number of benzene rings is 2. The molecule has 0 aliphatic heterocycles. The minimum Gasteiger partial charge on any atom is -0.497 e. The van der Waals surface area contributed by atoms with Gasteiger partial charge in [0.05, 0.1) is 18.5 Å². The van der Waals surface area contributed by atoms with E-state index in [9.17, 15) is 0 Å². The van der Waals surface area contributed by atoms with Gasteiger partial charge < -0.3 is 4.74 Å². The third-order valence-corrected chi connectivity index (χ3v) is 2.94. The van der Waals surface area contributed by atoms with Crippen molar-refractivity contribution in [1.82, 2.24) is 0 Å². The Bertz CT molecular complexity index is 547. The molecule has 0 heterocycles. The highest BCUT2D eigenvalue weighted by Crippen LogP contribution is 2.15. The van der Waals surface area contributed by atoms with Crippen LogP contribution in [0.2, 0.25) is 0 Å². The highest BCUT2D eigenvalue weighted by molar-refractivity contribution is 5.99. The number of hydrazone groups is 1. The molecular weight excluding hydrogens is 236 g/mol. The lowest BCUT2D eigenvalue weighted by Crippen LogP contribution is -2.12. The second-order valence-electron chi connectivity index (χ2n) is 4.27. The fourth-order valence-electron chi connectivity index (χ4n) is 1.82. The van der Waals surface area contributed by atoms with Crippen LogP contribution in [0, 0.1) is 0 Å². The molecule has 3 heteroatoms. The molecule has 0 saturated heterocycles. The van der Waals surface area contributed by atoms with Gasteiger partial charge in [0, 0.05) is 7.05 Å². The Morgan fingerprint density at radius 1 is 1.00 bits per heavy atom. The summed E-state index contributed by atoms with van der Waals surface area (Å²) < 4.78 is 5.15. The lowest BCUT2D eigenvalue weighted by Gasteiger charge is -2.14. The summed E-state index contributed by atoms with van der Waals surface area (Å²) in [5.41, 5.74) is 3.12. The molecule has 0 unspecified atom stereocenters. The van der Waals surface area contributed by atoms with Crippen molar-refractivity contribution in [3.05, 3.63) is 60.2 Å². The third kappa shape index (κ3) is 3.35. The molecule has 0 saturated carbocycles. The Kier molecular flexibility index (Phi) is 4.18. The molecule has 0 spiro atoms. The molecule has 0 amide bonds. The fourth-order valence-corrected chi connectivity index (χ4v) is 1.82. The number of hydrogen-bond acceptors (Lipinski definition) is 3. The molecule has 19 heavy (non-hydrogen) atoms. The van der Waals surface area contributed by atoms with Crippen LogP contribution in [0.3, 0.4) is 0 Å². The fraction of sp³-hybridized carbons (Fsp3) is 0.188. The van der Waals surface area contributed by atoms with Gasteiger partial charge >= 0.3 is 0 Å². The lowest BCUT2D eigenvalue weighted by molar-refractivity contribution is 0.415. The van der Waals surface area contributed by atoms with Crippen LogP contribution >= 0.6 is 0 Å². The standard InChI is InChI=1S/C16H18N2O/c1-13(14-9-11-16(19-3)12-10-14)17-18(2)15-7-5-4-6-8-15/h4-12H,1-3H3. The number of para-hydroxylation sites is 1. The minimum absolute atomic E-state index is 0.855. The van der Waals surface area contributed by atoms with Gasteiger partial charge in [0.2, 0.25) is 0 Å². The van der Waals surface area contributed by atoms with E-state index in [0.717, 1.165) is 22.7 Å². The van der Waals surface area contributed by atoms with E-state index >= 15 is 0 Å². The number of methoxy groups -OCH3 is 1. The van der Waals surface area contributed by atoms with Gasteiger partial charge in [-0.3, -0.25) is 5.01 Å². The van der Waals surface area contributed by atoms with Crippen LogP contribution in [0.25, 0.3) is 0 Å². The second-order valence-corrected chi connectivity index (χ2v) is 4.27. The molecule has 2 aromatic carbocycles. The number of anilines is 1. The first-order valence-corrected chi connectivity index (χ1v) is 6.19. The van der Waals surface area contributed by atoms with Crippen molar-refractivity contribution in [2.45, 2.75) is 6.92 Å². The molecule has 0 atom stereocenters. The van der Waals surface area contributed by atoms with Crippen LogP contribution < -0.4 is 9.75 Å². The average Bonchev–Trinajstić information content (AvgIpc) is 2.48. The summed E-state index contributed by atoms with van der Waals surface area (Å²) >= 11 is 0. The van der Waals surface area contributed by atoms with Crippen LogP contribution in [0.1, 0.15) is 12.5 Å². The SMILES string of the molecule is COc1ccc(C(C)=NN(C)c2ccccc2)cc1. The lowest BCUT2D eigenvalue weighted by atomic mass is 10.1. The van der Waals surface area contributed by atoms with Crippen molar-refractivity contribution >= 4 is 11.4 Å². The Morgan fingerprint density at radius 2 is 1.63 bits per heavy atom. The summed E-state index contributed by atoms with van der Waals surface area (Å²) in [6.45, 7) is 2.00. The van der Waals surface area contributed by atoms with Crippen molar-refractivity contribution in [2.24, 2.45) is 5.10 Å². The van der Waals surface area contributed by atoms with Crippen molar-refractivity contribution in [3.8, 4) is 5.75 Å².